The molecule has 0 amide bonds. The van der Waals surface area contributed by atoms with Crippen LogP contribution in [-0.2, 0) is 6.42 Å². The molecule has 24 heavy (non-hydrogen) atoms. The van der Waals surface area contributed by atoms with Gasteiger partial charge in [-0.25, -0.2) is 8.78 Å². The van der Waals surface area contributed by atoms with Crippen molar-refractivity contribution in [2.24, 2.45) is 0 Å². The third-order valence-electron chi connectivity index (χ3n) is 4.63. The van der Waals surface area contributed by atoms with E-state index < -0.39 is 11.6 Å². The number of thiophene rings is 1. The molecule has 0 radical (unpaired) electrons. The van der Waals surface area contributed by atoms with Crippen molar-refractivity contribution in [2.75, 3.05) is 0 Å². The third-order valence-corrected chi connectivity index (χ3v) is 5.91. The zero-order valence-corrected chi connectivity index (χ0v) is 14.3. The number of hydrogen-bond acceptors (Lipinski definition) is 1. The standard InChI is InChI=1S/C21H18F2S/c1-2-13-3-5-14(6-4-13)16-9-10-17(21(23)20(16)22)19-12-11-18(24-19)15-7-8-15/h3-6,9-12,15H,2,7-8H2,1H3. The van der Waals surface area contributed by atoms with Crippen LogP contribution in [0, 0.1) is 11.6 Å². The van der Waals surface area contributed by atoms with Crippen LogP contribution in [0.4, 0.5) is 8.78 Å². The van der Waals surface area contributed by atoms with Gasteiger partial charge in [-0.05, 0) is 54.5 Å². The maximum absolute atomic E-state index is 14.6. The molecule has 0 spiro atoms. The van der Waals surface area contributed by atoms with Gasteiger partial charge in [0.15, 0.2) is 11.6 Å². The average molecular weight is 340 g/mol. The van der Waals surface area contributed by atoms with E-state index in [1.54, 1.807) is 23.5 Å². The predicted molar refractivity (Wildman–Crippen MR) is 96.5 cm³/mol. The summed E-state index contributed by atoms with van der Waals surface area (Å²) >= 11 is 1.58. The molecule has 0 atom stereocenters. The van der Waals surface area contributed by atoms with Gasteiger partial charge in [-0.2, -0.15) is 0 Å². The Morgan fingerprint density at radius 3 is 2.21 bits per heavy atom. The van der Waals surface area contributed by atoms with E-state index in [9.17, 15) is 8.78 Å². The van der Waals surface area contributed by atoms with E-state index in [0.717, 1.165) is 11.3 Å². The fraction of sp³-hybridized carbons (Fsp3) is 0.238. The first kappa shape index (κ1) is 15.5. The second kappa shape index (κ2) is 6.14. The van der Waals surface area contributed by atoms with Crippen molar-refractivity contribution in [3.05, 3.63) is 70.6 Å². The first-order chi connectivity index (χ1) is 11.7. The van der Waals surface area contributed by atoms with Gasteiger partial charge in [0, 0.05) is 20.9 Å². The van der Waals surface area contributed by atoms with Crippen LogP contribution in [-0.4, -0.2) is 0 Å². The maximum Gasteiger partial charge on any atom is 0.168 e. The second-order valence-corrected chi connectivity index (χ2v) is 7.43. The first-order valence-electron chi connectivity index (χ1n) is 8.34. The molecule has 0 bridgehead atoms. The molecular formula is C21H18F2S. The van der Waals surface area contributed by atoms with Crippen molar-refractivity contribution < 1.29 is 8.78 Å². The summed E-state index contributed by atoms with van der Waals surface area (Å²) in [5.41, 5.74) is 2.57. The monoisotopic (exact) mass is 340 g/mol. The van der Waals surface area contributed by atoms with Crippen LogP contribution in [0.5, 0.6) is 0 Å². The van der Waals surface area contributed by atoms with Gasteiger partial charge in [-0.3, -0.25) is 0 Å². The lowest BCUT2D eigenvalue weighted by Gasteiger charge is -2.08. The minimum absolute atomic E-state index is 0.317. The molecule has 4 rings (SSSR count). The summed E-state index contributed by atoms with van der Waals surface area (Å²) in [6.07, 6.45) is 3.35. The van der Waals surface area contributed by atoms with Crippen molar-refractivity contribution in [2.45, 2.75) is 32.1 Å². The van der Waals surface area contributed by atoms with E-state index in [1.807, 2.05) is 36.4 Å². The lowest BCUT2D eigenvalue weighted by Crippen LogP contribution is -1.93. The van der Waals surface area contributed by atoms with Crippen LogP contribution in [0.25, 0.3) is 21.6 Å². The van der Waals surface area contributed by atoms with Crippen molar-refractivity contribution >= 4 is 11.3 Å². The molecule has 0 N–H and O–H groups in total. The van der Waals surface area contributed by atoms with Crippen LogP contribution in [0.15, 0.2) is 48.5 Å². The molecule has 0 aliphatic heterocycles. The fourth-order valence-corrected chi connectivity index (χ4v) is 4.16. The van der Waals surface area contributed by atoms with E-state index >= 15 is 0 Å². The Labute approximate surface area is 144 Å². The van der Waals surface area contributed by atoms with Crippen molar-refractivity contribution in [1.29, 1.82) is 0 Å². The van der Waals surface area contributed by atoms with Gasteiger partial charge in [0.25, 0.3) is 0 Å². The molecule has 1 aliphatic carbocycles. The Kier molecular flexibility index (Phi) is 3.97. The minimum Gasteiger partial charge on any atom is -0.203 e. The molecule has 1 aliphatic rings. The van der Waals surface area contributed by atoms with Crippen molar-refractivity contribution in [3.63, 3.8) is 0 Å². The summed E-state index contributed by atoms with van der Waals surface area (Å²) in [6.45, 7) is 2.07. The zero-order valence-electron chi connectivity index (χ0n) is 13.5. The largest absolute Gasteiger partial charge is 0.203 e. The molecule has 3 heteroatoms. The number of rotatable bonds is 4. The molecule has 1 heterocycles. The highest BCUT2D eigenvalue weighted by Crippen LogP contribution is 2.45. The molecule has 0 saturated heterocycles. The molecule has 1 aromatic heterocycles. The maximum atomic E-state index is 14.6. The van der Waals surface area contributed by atoms with Crippen LogP contribution in [0.1, 0.15) is 36.1 Å². The summed E-state index contributed by atoms with van der Waals surface area (Å²) in [5, 5.41) is 0. The average Bonchev–Trinajstić information content (AvgIpc) is 3.35. The van der Waals surface area contributed by atoms with E-state index in [0.29, 0.717) is 22.6 Å². The summed E-state index contributed by atoms with van der Waals surface area (Å²) in [6, 6.07) is 15.0. The predicted octanol–water partition coefficient (Wildman–Crippen LogP) is 6.80. The molecule has 0 nitrogen and oxygen atoms in total. The summed E-state index contributed by atoms with van der Waals surface area (Å²) in [4.78, 5) is 2.09. The molecule has 2 aromatic carbocycles. The Balaban J connectivity index is 1.71. The van der Waals surface area contributed by atoms with Crippen LogP contribution < -0.4 is 0 Å². The minimum atomic E-state index is -0.766. The number of benzene rings is 2. The Bertz CT molecular complexity index is 873. The van der Waals surface area contributed by atoms with Crippen LogP contribution in [0.3, 0.4) is 0 Å². The number of aryl methyl sites for hydroxylation is 1. The number of hydrogen-bond donors (Lipinski definition) is 0. The van der Waals surface area contributed by atoms with Gasteiger partial charge < -0.3 is 0 Å². The van der Waals surface area contributed by atoms with Gasteiger partial charge in [0.2, 0.25) is 0 Å². The molecule has 3 aromatic rings. The van der Waals surface area contributed by atoms with Crippen molar-refractivity contribution in [1.82, 2.24) is 0 Å². The Morgan fingerprint density at radius 2 is 1.54 bits per heavy atom. The molecule has 1 saturated carbocycles. The van der Waals surface area contributed by atoms with E-state index in [4.69, 9.17) is 0 Å². The van der Waals surface area contributed by atoms with Gasteiger partial charge in [0.1, 0.15) is 0 Å². The molecular weight excluding hydrogens is 322 g/mol. The third kappa shape index (κ3) is 2.78. The zero-order chi connectivity index (χ0) is 16.7. The van der Waals surface area contributed by atoms with Gasteiger partial charge in [-0.1, -0.05) is 37.3 Å². The van der Waals surface area contributed by atoms with Crippen LogP contribution >= 0.6 is 11.3 Å². The summed E-state index contributed by atoms with van der Waals surface area (Å²) in [5.74, 6) is -0.887. The Morgan fingerprint density at radius 1 is 0.875 bits per heavy atom. The fourth-order valence-electron chi connectivity index (χ4n) is 2.97. The van der Waals surface area contributed by atoms with Gasteiger partial charge in [-0.15, -0.1) is 11.3 Å². The molecule has 1 fully saturated rings. The topological polar surface area (TPSA) is 0 Å². The highest BCUT2D eigenvalue weighted by molar-refractivity contribution is 7.15. The second-order valence-electron chi connectivity index (χ2n) is 6.32. The quantitative estimate of drug-likeness (QED) is 0.490. The van der Waals surface area contributed by atoms with E-state index in [-0.39, 0.29) is 0 Å². The van der Waals surface area contributed by atoms with Gasteiger partial charge in [0.05, 0.1) is 0 Å². The first-order valence-corrected chi connectivity index (χ1v) is 9.16. The highest BCUT2D eigenvalue weighted by atomic mass is 32.1. The lowest BCUT2D eigenvalue weighted by molar-refractivity contribution is 0.514. The van der Waals surface area contributed by atoms with E-state index in [1.165, 1.54) is 23.3 Å². The normalized spacial score (nSPS) is 14.1. The molecule has 122 valence electrons. The lowest BCUT2D eigenvalue weighted by atomic mass is 10.0. The highest BCUT2D eigenvalue weighted by Gasteiger charge is 2.26. The SMILES string of the molecule is CCc1ccc(-c2ccc(-c3ccc(C4CC4)s3)c(F)c2F)cc1. The summed E-state index contributed by atoms with van der Waals surface area (Å²) in [7, 11) is 0. The summed E-state index contributed by atoms with van der Waals surface area (Å²) < 4.78 is 29.3. The molecule has 0 unspecified atom stereocenters. The van der Waals surface area contributed by atoms with E-state index in [2.05, 4.69) is 6.92 Å². The van der Waals surface area contributed by atoms with Crippen LogP contribution in [0.2, 0.25) is 0 Å². The van der Waals surface area contributed by atoms with Crippen molar-refractivity contribution in [3.8, 4) is 21.6 Å². The van der Waals surface area contributed by atoms with Gasteiger partial charge >= 0.3 is 0 Å². The Hall–Kier alpha value is -2.00. The smallest absolute Gasteiger partial charge is 0.168 e. The number of halogens is 2.